The lowest BCUT2D eigenvalue weighted by Gasteiger charge is -2.09. The van der Waals surface area contributed by atoms with Gasteiger partial charge in [0.25, 0.3) is 0 Å². The van der Waals surface area contributed by atoms with Crippen LogP contribution in [0.15, 0.2) is 42.5 Å². The molecule has 0 saturated heterocycles. The molecule has 0 spiro atoms. The molecule has 2 nitrogen and oxygen atoms in total. The second-order valence-corrected chi connectivity index (χ2v) is 4.26. The fraction of sp³-hybridized carbons (Fsp3) is 0.333. The van der Waals surface area contributed by atoms with Gasteiger partial charge < -0.3 is 9.84 Å². The Hall–Kier alpha value is -1.38. The van der Waals surface area contributed by atoms with E-state index in [2.05, 4.69) is 30.3 Å². The van der Waals surface area contributed by atoms with Crippen LogP contribution in [0.25, 0.3) is 10.8 Å². The number of fused-ring (bicyclic) bond motifs is 1. The van der Waals surface area contributed by atoms with Gasteiger partial charge in [-0.25, -0.2) is 0 Å². The molecule has 0 radical (unpaired) electrons. The van der Waals surface area contributed by atoms with E-state index in [0.717, 1.165) is 12.0 Å². The summed E-state index contributed by atoms with van der Waals surface area (Å²) in [5.41, 5.74) is 1.15. The van der Waals surface area contributed by atoms with Crippen LogP contribution in [0, 0.1) is 0 Å². The molecular weight excluding hydrogens is 212 g/mol. The molecule has 0 unspecified atom stereocenters. The summed E-state index contributed by atoms with van der Waals surface area (Å²) in [4.78, 5) is 0. The van der Waals surface area contributed by atoms with Crippen LogP contribution in [0.4, 0.5) is 0 Å². The van der Waals surface area contributed by atoms with Crippen LogP contribution >= 0.6 is 0 Å². The number of hydrogen-bond acceptors (Lipinski definition) is 2. The highest BCUT2D eigenvalue weighted by atomic mass is 16.5. The summed E-state index contributed by atoms with van der Waals surface area (Å²) in [6.07, 6.45) is 0.382. The van der Waals surface area contributed by atoms with Gasteiger partial charge >= 0.3 is 0 Å². The molecule has 2 heteroatoms. The molecule has 0 amide bonds. The van der Waals surface area contributed by atoms with Crippen LogP contribution in [0.2, 0.25) is 0 Å². The fourth-order valence-corrected chi connectivity index (χ4v) is 1.76. The maximum Gasteiger partial charge on any atom is 0.0771 e. The highest BCUT2D eigenvalue weighted by Gasteiger charge is 2.01. The molecule has 2 aromatic carbocycles. The molecule has 2 rings (SSSR count). The highest BCUT2D eigenvalue weighted by Crippen LogP contribution is 2.16. The molecular formula is C15H18O2. The van der Waals surface area contributed by atoms with Gasteiger partial charge in [0.2, 0.25) is 0 Å². The minimum atomic E-state index is -0.351. The average Bonchev–Trinajstić information content (AvgIpc) is 2.38. The number of benzene rings is 2. The highest BCUT2D eigenvalue weighted by molar-refractivity contribution is 5.82. The number of aliphatic hydroxyl groups is 1. The van der Waals surface area contributed by atoms with Gasteiger partial charge in [0, 0.05) is 0 Å². The zero-order valence-corrected chi connectivity index (χ0v) is 10.1. The van der Waals surface area contributed by atoms with Gasteiger partial charge in [0.1, 0.15) is 0 Å². The number of aliphatic hydroxyl groups excluding tert-OH is 1. The maximum absolute atomic E-state index is 9.38. The Morgan fingerprint density at radius 2 is 1.88 bits per heavy atom. The summed E-state index contributed by atoms with van der Waals surface area (Å²) in [5, 5.41) is 11.8. The Balaban J connectivity index is 1.99. The van der Waals surface area contributed by atoms with E-state index < -0.39 is 0 Å². The van der Waals surface area contributed by atoms with Crippen LogP contribution in [0.3, 0.4) is 0 Å². The van der Waals surface area contributed by atoms with Crippen molar-refractivity contribution in [2.75, 3.05) is 6.61 Å². The Labute approximate surface area is 102 Å². The Kier molecular flexibility index (Phi) is 4.13. The molecule has 17 heavy (non-hydrogen) atoms. The third kappa shape index (κ3) is 3.29. The van der Waals surface area contributed by atoms with Gasteiger partial charge in [-0.05, 0) is 28.8 Å². The van der Waals surface area contributed by atoms with Crippen molar-refractivity contribution in [2.24, 2.45) is 0 Å². The van der Waals surface area contributed by atoms with Crippen LogP contribution in [0.5, 0.6) is 0 Å². The van der Waals surface area contributed by atoms with E-state index in [9.17, 15) is 5.11 Å². The molecule has 0 aromatic heterocycles. The Morgan fingerprint density at radius 3 is 2.65 bits per heavy atom. The van der Waals surface area contributed by atoms with Crippen molar-refractivity contribution < 1.29 is 9.84 Å². The first kappa shape index (κ1) is 12.1. The van der Waals surface area contributed by atoms with Crippen molar-refractivity contribution in [1.29, 1.82) is 0 Å². The van der Waals surface area contributed by atoms with Crippen molar-refractivity contribution in [3.63, 3.8) is 0 Å². The van der Waals surface area contributed by atoms with Gasteiger partial charge in [0.15, 0.2) is 0 Å². The summed E-state index contributed by atoms with van der Waals surface area (Å²) in [6.45, 7) is 2.91. The van der Waals surface area contributed by atoms with Crippen LogP contribution < -0.4 is 0 Å². The molecule has 0 fully saturated rings. The van der Waals surface area contributed by atoms with Gasteiger partial charge in [-0.2, -0.15) is 0 Å². The number of ether oxygens (including phenoxy) is 1. The normalized spacial score (nSPS) is 12.8. The number of hydrogen-bond donors (Lipinski definition) is 1. The van der Waals surface area contributed by atoms with E-state index >= 15 is 0 Å². The first-order chi connectivity index (χ1) is 8.29. The fourth-order valence-electron chi connectivity index (χ4n) is 1.76. The lowest BCUT2D eigenvalue weighted by atomic mass is 10.1. The third-order valence-electron chi connectivity index (χ3n) is 2.86. The summed E-state index contributed by atoms with van der Waals surface area (Å²) in [7, 11) is 0. The molecule has 2 aromatic rings. The predicted molar refractivity (Wildman–Crippen MR) is 69.9 cm³/mol. The van der Waals surface area contributed by atoms with Crippen molar-refractivity contribution in [3.05, 3.63) is 48.0 Å². The average molecular weight is 230 g/mol. The molecule has 0 bridgehead atoms. The summed E-state index contributed by atoms with van der Waals surface area (Å²) < 4.78 is 5.47. The largest absolute Gasteiger partial charge is 0.391 e. The van der Waals surface area contributed by atoms with E-state index in [-0.39, 0.29) is 6.10 Å². The van der Waals surface area contributed by atoms with E-state index in [1.165, 1.54) is 10.8 Å². The summed E-state index contributed by atoms with van der Waals surface area (Å²) in [5.74, 6) is 0. The Morgan fingerprint density at radius 1 is 1.12 bits per heavy atom. The van der Waals surface area contributed by atoms with Gasteiger partial charge in [-0.1, -0.05) is 43.3 Å². The minimum absolute atomic E-state index is 0.351. The minimum Gasteiger partial charge on any atom is -0.391 e. The molecule has 0 aliphatic rings. The van der Waals surface area contributed by atoms with Gasteiger partial charge in [-0.15, -0.1) is 0 Å². The van der Waals surface area contributed by atoms with Crippen LogP contribution in [-0.2, 0) is 11.3 Å². The standard InChI is InChI=1S/C15H18O2/c1-2-15(16)11-17-10-12-7-8-13-5-3-4-6-14(13)9-12/h3-9,15-16H,2,10-11H2,1H3/t15-/m1/s1. The topological polar surface area (TPSA) is 29.5 Å². The van der Waals surface area contributed by atoms with Crippen LogP contribution in [-0.4, -0.2) is 17.8 Å². The van der Waals surface area contributed by atoms with Gasteiger partial charge in [0.05, 0.1) is 19.3 Å². The number of rotatable bonds is 5. The van der Waals surface area contributed by atoms with Gasteiger partial charge in [-0.3, -0.25) is 0 Å². The van der Waals surface area contributed by atoms with E-state index in [1.54, 1.807) is 0 Å². The molecule has 0 aliphatic carbocycles. The predicted octanol–water partition coefficient (Wildman–Crippen LogP) is 3.13. The third-order valence-corrected chi connectivity index (χ3v) is 2.86. The van der Waals surface area contributed by atoms with E-state index in [1.807, 2.05) is 19.1 Å². The zero-order valence-electron chi connectivity index (χ0n) is 10.1. The molecule has 1 atom stereocenters. The second kappa shape index (κ2) is 5.80. The smallest absolute Gasteiger partial charge is 0.0771 e. The monoisotopic (exact) mass is 230 g/mol. The molecule has 0 aliphatic heterocycles. The lowest BCUT2D eigenvalue weighted by molar-refractivity contribution is 0.0269. The maximum atomic E-state index is 9.38. The quantitative estimate of drug-likeness (QED) is 0.855. The summed E-state index contributed by atoms with van der Waals surface area (Å²) >= 11 is 0. The van der Waals surface area contributed by atoms with E-state index in [4.69, 9.17) is 4.74 Å². The molecule has 90 valence electrons. The van der Waals surface area contributed by atoms with Crippen molar-refractivity contribution in [2.45, 2.75) is 26.1 Å². The van der Waals surface area contributed by atoms with Crippen molar-refractivity contribution in [3.8, 4) is 0 Å². The molecule has 1 N–H and O–H groups in total. The van der Waals surface area contributed by atoms with Crippen molar-refractivity contribution >= 4 is 10.8 Å². The molecule has 0 heterocycles. The lowest BCUT2D eigenvalue weighted by Crippen LogP contribution is -2.13. The zero-order chi connectivity index (χ0) is 12.1. The molecule has 0 saturated carbocycles. The van der Waals surface area contributed by atoms with Crippen molar-refractivity contribution in [1.82, 2.24) is 0 Å². The first-order valence-corrected chi connectivity index (χ1v) is 6.03. The van der Waals surface area contributed by atoms with E-state index in [0.29, 0.717) is 13.2 Å². The Bertz CT molecular complexity index is 479. The SMILES string of the molecule is CC[C@@H](O)COCc1ccc2ccccc2c1. The summed E-state index contributed by atoms with van der Waals surface area (Å²) in [6, 6.07) is 14.6. The first-order valence-electron chi connectivity index (χ1n) is 6.03. The second-order valence-electron chi connectivity index (χ2n) is 4.26. The van der Waals surface area contributed by atoms with Crippen LogP contribution in [0.1, 0.15) is 18.9 Å².